The second-order valence-electron chi connectivity index (χ2n) is 6.30. The average Bonchev–Trinajstić information content (AvgIpc) is 2.64. The topological polar surface area (TPSA) is 68.8 Å². The zero-order valence-electron chi connectivity index (χ0n) is 16.0. The highest BCUT2D eigenvalue weighted by molar-refractivity contribution is 14.0. The van der Waals surface area contributed by atoms with Crippen molar-refractivity contribution in [1.29, 1.82) is 0 Å². The van der Waals surface area contributed by atoms with Crippen molar-refractivity contribution in [1.82, 2.24) is 15.5 Å². The smallest absolute Gasteiger partial charge is 0.225 e. The summed E-state index contributed by atoms with van der Waals surface area (Å²) < 4.78 is 0. The Morgan fingerprint density at radius 1 is 1.27 bits per heavy atom. The number of amides is 1. The fourth-order valence-electron chi connectivity index (χ4n) is 3.17. The van der Waals surface area contributed by atoms with Crippen LogP contribution >= 0.6 is 24.0 Å². The Labute approximate surface area is 174 Å². The number of nitrogens with zero attached hydrogens (tertiary/aromatic N) is 2. The normalized spacial score (nSPS) is 16.5. The van der Waals surface area contributed by atoms with Crippen molar-refractivity contribution in [3.63, 3.8) is 0 Å². The van der Waals surface area contributed by atoms with Crippen LogP contribution in [0.1, 0.15) is 38.2 Å². The van der Waals surface area contributed by atoms with Gasteiger partial charge in [0.2, 0.25) is 5.91 Å². The summed E-state index contributed by atoms with van der Waals surface area (Å²) in [6, 6.07) is 8.01. The van der Waals surface area contributed by atoms with Gasteiger partial charge in [-0.25, -0.2) is 0 Å². The van der Waals surface area contributed by atoms with Crippen LogP contribution in [-0.2, 0) is 4.79 Å². The number of benzene rings is 1. The van der Waals surface area contributed by atoms with Gasteiger partial charge in [-0.1, -0.05) is 32.0 Å². The Kier molecular flexibility index (Phi) is 10.6. The molecule has 2 rings (SSSR count). The summed E-state index contributed by atoms with van der Waals surface area (Å²) in [6.07, 6.45) is 1.58. The molecule has 3 N–H and O–H groups in total. The SMILES string of the molecule is CCN(CC)CCCNC(=NC)NCC1CC(=O)Nc2ccccc21.I. The van der Waals surface area contributed by atoms with Crippen LogP contribution in [0.5, 0.6) is 0 Å². The van der Waals surface area contributed by atoms with Crippen molar-refractivity contribution in [2.45, 2.75) is 32.6 Å². The number of nitrogens with one attached hydrogen (secondary N) is 3. The molecule has 6 nitrogen and oxygen atoms in total. The van der Waals surface area contributed by atoms with Gasteiger partial charge in [-0.05, 0) is 37.7 Å². The number of carbonyl (C=O) groups excluding carboxylic acids is 1. The molecule has 0 saturated heterocycles. The van der Waals surface area contributed by atoms with Gasteiger partial charge in [-0.15, -0.1) is 24.0 Å². The predicted molar refractivity (Wildman–Crippen MR) is 120 cm³/mol. The summed E-state index contributed by atoms with van der Waals surface area (Å²) in [5.74, 6) is 1.04. The molecule has 7 heteroatoms. The average molecular weight is 473 g/mol. The first-order valence-electron chi connectivity index (χ1n) is 9.23. The van der Waals surface area contributed by atoms with Gasteiger partial charge in [0.05, 0.1) is 0 Å². The summed E-state index contributed by atoms with van der Waals surface area (Å²) >= 11 is 0. The molecule has 1 aliphatic heterocycles. The van der Waals surface area contributed by atoms with E-state index in [0.29, 0.717) is 13.0 Å². The van der Waals surface area contributed by atoms with Crippen molar-refractivity contribution in [2.75, 3.05) is 45.1 Å². The number of carbonyl (C=O) groups is 1. The van der Waals surface area contributed by atoms with Crippen LogP contribution in [0.3, 0.4) is 0 Å². The Bertz CT molecular complexity index is 589. The summed E-state index contributed by atoms with van der Waals surface area (Å²) in [5, 5.41) is 9.66. The molecule has 0 fully saturated rings. The van der Waals surface area contributed by atoms with Crippen LogP contribution in [0, 0.1) is 0 Å². The van der Waals surface area contributed by atoms with Gasteiger partial charge in [0.25, 0.3) is 0 Å². The molecule has 26 heavy (non-hydrogen) atoms. The minimum absolute atomic E-state index is 0. The highest BCUT2D eigenvalue weighted by Gasteiger charge is 2.24. The molecular formula is C19H32IN5O. The van der Waals surface area contributed by atoms with Crippen LogP contribution in [0.2, 0.25) is 0 Å². The summed E-state index contributed by atoms with van der Waals surface area (Å²) in [5.41, 5.74) is 2.11. The fourth-order valence-corrected chi connectivity index (χ4v) is 3.17. The van der Waals surface area contributed by atoms with Crippen molar-refractivity contribution in [2.24, 2.45) is 4.99 Å². The summed E-state index contributed by atoms with van der Waals surface area (Å²) in [6.45, 7) is 9.23. The van der Waals surface area contributed by atoms with E-state index in [1.165, 1.54) is 5.56 Å². The first kappa shape index (κ1) is 22.7. The van der Waals surface area contributed by atoms with E-state index in [2.05, 4.69) is 45.8 Å². The van der Waals surface area contributed by atoms with Crippen molar-refractivity contribution < 1.29 is 4.79 Å². The number of fused-ring (bicyclic) bond motifs is 1. The fraction of sp³-hybridized carbons (Fsp3) is 0.579. The van der Waals surface area contributed by atoms with E-state index in [4.69, 9.17) is 0 Å². The second kappa shape index (κ2) is 12.1. The van der Waals surface area contributed by atoms with Crippen LogP contribution in [0.25, 0.3) is 0 Å². The van der Waals surface area contributed by atoms with Gasteiger partial charge in [-0.2, -0.15) is 0 Å². The first-order chi connectivity index (χ1) is 12.2. The number of rotatable bonds is 8. The summed E-state index contributed by atoms with van der Waals surface area (Å²) in [7, 11) is 1.78. The largest absolute Gasteiger partial charge is 0.356 e. The Hall–Kier alpha value is -1.35. The molecule has 1 aliphatic rings. The highest BCUT2D eigenvalue weighted by atomic mass is 127. The zero-order valence-corrected chi connectivity index (χ0v) is 18.4. The summed E-state index contributed by atoms with van der Waals surface area (Å²) in [4.78, 5) is 18.6. The van der Waals surface area contributed by atoms with Crippen molar-refractivity contribution in [3.05, 3.63) is 29.8 Å². The molecule has 1 atom stereocenters. The van der Waals surface area contributed by atoms with Gasteiger partial charge < -0.3 is 20.9 Å². The zero-order chi connectivity index (χ0) is 18.1. The quantitative estimate of drug-likeness (QED) is 0.235. The molecular weight excluding hydrogens is 441 g/mol. The molecule has 1 amide bonds. The van der Waals surface area contributed by atoms with Gasteiger partial charge in [0.1, 0.15) is 0 Å². The van der Waals surface area contributed by atoms with Crippen LogP contribution < -0.4 is 16.0 Å². The number of aliphatic imine (C=N–C) groups is 1. The van der Waals surface area contributed by atoms with E-state index in [-0.39, 0.29) is 35.8 Å². The molecule has 0 spiro atoms. The standard InChI is InChI=1S/C19H31N5O.HI/c1-4-24(5-2)12-8-11-21-19(20-3)22-14-15-13-18(25)23-17-10-7-6-9-16(15)17;/h6-7,9-10,15H,4-5,8,11-14H2,1-3H3,(H,23,25)(H2,20,21,22);1H. The Morgan fingerprint density at radius 2 is 2.00 bits per heavy atom. The lowest BCUT2D eigenvalue weighted by atomic mass is 9.90. The molecule has 0 aliphatic carbocycles. The molecule has 0 radical (unpaired) electrons. The van der Waals surface area contributed by atoms with Crippen molar-refractivity contribution >= 4 is 41.5 Å². The Morgan fingerprint density at radius 3 is 2.69 bits per heavy atom. The lowest BCUT2D eigenvalue weighted by Gasteiger charge is -2.26. The number of hydrogen-bond acceptors (Lipinski definition) is 3. The molecule has 0 aromatic heterocycles. The van der Waals surface area contributed by atoms with E-state index in [1.54, 1.807) is 7.05 Å². The number of halogens is 1. The highest BCUT2D eigenvalue weighted by Crippen LogP contribution is 2.31. The van der Waals surface area contributed by atoms with E-state index in [9.17, 15) is 4.79 Å². The third-order valence-electron chi connectivity index (χ3n) is 4.68. The van der Waals surface area contributed by atoms with Gasteiger partial charge in [0, 0.05) is 38.2 Å². The molecule has 1 aromatic rings. The third-order valence-corrected chi connectivity index (χ3v) is 4.68. The molecule has 1 heterocycles. The number of guanidine groups is 1. The third kappa shape index (κ3) is 6.75. The number of anilines is 1. The number of para-hydroxylation sites is 1. The maximum atomic E-state index is 11.9. The van der Waals surface area contributed by atoms with E-state index < -0.39 is 0 Å². The lowest BCUT2D eigenvalue weighted by Crippen LogP contribution is -2.41. The molecule has 146 valence electrons. The molecule has 1 aromatic carbocycles. The van der Waals surface area contributed by atoms with Crippen molar-refractivity contribution in [3.8, 4) is 0 Å². The maximum Gasteiger partial charge on any atom is 0.225 e. The minimum Gasteiger partial charge on any atom is -0.356 e. The number of hydrogen-bond donors (Lipinski definition) is 3. The minimum atomic E-state index is 0. The van der Waals surface area contributed by atoms with E-state index in [0.717, 1.165) is 44.2 Å². The monoisotopic (exact) mass is 473 g/mol. The van der Waals surface area contributed by atoms with E-state index in [1.807, 2.05) is 18.2 Å². The molecule has 0 saturated carbocycles. The Balaban J connectivity index is 0.00000338. The van der Waals surface area contributed by atoms with Crippen LogP contribution in [0.15, 0.2) is 29.3 Å². The molecule has 1 unspecified atom stereocenters. The van der Waals surface area contributed by atoms with Crippen LogP contribution in [-0.4, -0.2) is 56.5 Å². The molecule has 0 bridgehead atoms. The first-order valence-corrected chi connectivity index (χ1v) is 9.23. The van der Waals surface area contributed by atoms with Gasteiger partial charge >= 0.3 is 0 Å². The predicted octanol–water partition coefficient (Wildman–Crippen LogP) is 2.63. The van der Waals surface area contributed by atoms with Crippen LogP contribution in [0.4, 0.5) is 5.69 Å². The van der Waals surface area contributed by atoms with E-state index >= 15 is 0 Å². The van der Waals surface area contributed by atoms with Gasteiger partial charge in [-0.3, -0.25) is 9.79 Å². The second-order valence-corrected chi connectivity index (χ2v) is 6.30. The maximum absolute atomic E-state index is 11.9. The lowest BCUT2D eigenvalue weighted by molar-refractivity contribution is -0.116. The van der Waals surface area contributed by atoms with Gasteiger partial charge in [0.15, 0.2) is 5.96 Å².